The summed E-state index contributed by atoms with van der Waals surface area (Å²) in [4.78, 5) is 4.35. The molecule has 0 amide bonds. The molecule has 0 spiro atoms. The van der Waals surface area contributed by atoms with Crippen LogP contribution in [0.2, 0.25) is 0 Å². The molecule has 0 fully saturated rings. The van der Waals surface area contributed by atoms with Crippen LogP contribution in [0, 0.1) is 6.92 Å². The van der Waals surface area contributed by atoms with Crippen LogP contribution in [0.15, 0.2) is 36.4 Å². The SMILES string of the molecule is Cc1ccc(C(C)C/C=C/C(C)(C)OO)cc1. The summed E-state index contributed by atoms with van der Waals surface area (Å²) in [6.07, 6.45) is 4.88. The number of hydrogen-bond acceptors (Lipinski definition) is 2. The fourth-order valence-corrected chi connectivity index (χ4v) is 1.62. The van der Waals surface area contributed by atoms with Crippen molar-refractivity contribution in [2.45, 2.75) is 45.6 Å². The van der Waals surface area contributed by atoms with Gasteiger partial charge in [0.1, 0.15) is 5.60 Å². The maximum absolute atomic E-state index is 8.66. The number of hydrogen-bond donors (Lipinski definition) is 1. The second-order valence-electron chi connectivity index (χ2n) is 5.14. The molecule has 1 rings (SSSR count). The fourth-order valence-electron chi connectivity index (χ4n) is 1.62. The molecule has 0 aliphatic carbocycles. The minimum atomic E-state index is -0.604. The van der Waals surface area contributed by atoms with Crippen molar-refractivity contribution in [3.63, 3.8) is 0 Å². The largest absolute Gasteiger partial charge is 0.251 e. The average Bonchev–Trinajstić information content (AvgIpc) is 2.29. The predicted molar refractivity (Wildman–Crippen MR) is 71.1 cm³/mol. The third-order valence-corrected chi connectivity index (χ3v) is 2.89. The summed E-state index contributed by atoms with van der Waals surface area (Å²) in [5, 5.41) is 8.66. The highest BCUT2D eigenvalue weighted by Crippen LogP contribution is 2.20. The van der Waals surface area contributed by atoms with Crippen molar-refractivity contribution < 1.29 is 10.1 Å². The van der Waals surface area contributed by atoms with Crippen LogP contribution in [0.1, 0.15) is 44.2 Å². The Morgan fingerprint density at radius 3 is 2.41 bits per heavy atom. The van der Waals surface area contributed by atoms with Crippen molar-refractivity contribution in [1.82, 2.24) is 0 Å². The monoisotopic (exact) mass is 234 g/mol. The van der Waals surface area contributed by atoms with Gasteiger partial charge in [-0.15, -0.1) is 0 Å². The molecule has 0 aliphatic rings. The van der Waals surface area contributed by atoms with Gasteiger partial charge in [0.15, 0.2) is 0 Å². The van der Waals surface area contributed by atoms with Crippen LogP contribution in [0.4, 0.5) is 0 Å². The molecule has 0 bridgehead atoms. The summed E-state index contributed by atoms with van der Waals surface area (Å²) in [6.45, 7) is 7.93. The first-order valence-electron chi connectivity index (χ1n) is 6.01. The molecule has 2 heteroatoms. The molecule has 0 aromatic heterocycles. The Labute approximate surface area is 104 Å². The lowest BCUT2D eigenvalue weighted by atomic mass is 9.96. The lowest BCUT2D eigenvalue weighted by molar-refractivity contribution is -0.297. The van der Waals surface area contributed by atoms with Crippen LogP contribution >= 0.6 is 0 Å². The van der Waals surface area contributed by atoms with Gasteiger partial charge in [0.25, 0.3) is 0 Å². The highest BCUT2D eigenvalue weighted by molar-refractivity contribution is 5.24. The first-order valence-corrected chi connectivity index (χ1v) is 6.01. The van der Waals surface area contributed by atoms with E-state index in [0.717, 1.165) is 6.42 Å². The van der Waals surface area contributed by atoms with Gasteiger partial charge >= 0.3 is 0 Å². The van der Waals surface area contributed by atoms with Gasteiger partial charge in [-0.2, -0.15) is 0 Å². The molecule has 0 heterocycles. The van der Waals surface area contributed by atoms with Crippen LogP contribution in [-0.2, 0) is 4.89 Å². The summed E-state index contributed by atoms with van der Waals surface area (Å²) < 4.78 is 0. The summed E-state index contributed by atoms with van der Waals surface area (Å²) in [5.74, 6) is 0.473. The van der Waals surface area contributed by atoms with Crippen LogP contribution in [-0.4, -0.2) is 10.9 Å². The van der Waals surface area contributed by atoms with Crippen molar-refractivity contribution in [3.05, 3.63) is 47.5 Å². The molecular formula is C15H22O2. The Balaban J connectivity index is 2.55. The van der Waals surface area contributed by atoms with E-state index in [4.69, 9.17) is 5.26 Å². The van der Waals surface area contributed by atoms with Crippen molar-refractivity contribution in [3.8, 4) is 0 Å². The number of allylic oxidation sites excluding steroid dienone is 1. The van der Waals surface area contributed by atoms with Gasteiger partial charge in [-0.25, -0.2) is 4.89 Å². The molecule has 2 nitrogen and oxygen atoms in total. The molecule has 0 radical (unpaired) electrons. The smallest absolute Gasteiger partial charge is 0.116 e. The predicted octanol–water partition coefficient (Wildman–Crippen LogP) is 4.31. The van der Waals surface area contributed by atoms with Crippen LogP contribution < -0.4 is 0 Å². The van der Waals surface area contributed by atoms with Gasteiger partial charge in [-0.05, 0) is 38.7 Å². The van der Waals surface area contributed by atoms with Crippen molar-refractivity contribution in [2.75, 3.05) is 0 Å². The number of rotatable bonds is 5. The van der Waals surface area contributed by atoms with E-state index in [1.165, 1.54) is 11.1 Å². The lowest BCUT2D eigenvalue weighted by Gasteiger charge is -2.15. The minimum Gasteiger partial charge on any atom is -0.251 e. The zero-order valence-electron chi connectivity index (χ0n) is 11.1. The van der Waals surface area contributed by atoms with Crippen molar-refractivity contribution >= 4 is 0 Å². The summed E-state index contributed by atoms with van der Waals surface area (Å²) in [6, 6.07) is 8.61. The third-order valence-electron chi connectivity index (χ3n) is 2.89. The quantitative estimate of drug-likeness (QED) is 0.467. The van der Waals surface area contributed by atoms with E-state index in [9.17, 15) is 0 Å². The van der Waals surface area contributed by atoms with E-state index in [0.29, 0.717) is 5.92 Å². The molecule has 0 saturated heterocycles. The number of aryl methyl sites for hydroxylation is 1. The summed E-state index contributed by atoms with van der Waals surface area (Å²) in [5.41, 5.74) is 2.02. The summed E-state index contributed by atoms with van der Waals surface area (Å²) >= 11 is 0. The van der Waals surface area contributed by atoms with Crippen LogP contribution in [0.5, 0.6) is 0 Å². The molecule has 0 aliphatic heterocycles. The van der Waals surface area contributed by atoms with Gasteiger partial charge < -0.3 is 0 Å². The average molecular weight is 234 g/mol. The minimum absolute atomic E-state index is 0.473. The Bertz CT molecular complexity index is 363. The Morgan fingerprint density at radius 1 is 1.29 bits per heavy atom. The molecule has 1 atom stereocenters. The summed E-state index contributed by atoms with van der Waals surface area (Å²) in [7, 11) is 0. The van der Waals surface area contributed by atoms with E-state index < -0.39 is 5.60 Å². The van der Waals surface area contributed by atoms with Gasteiger partial charge in [0.2, 0.25) is 0 Å². The maximum atomic E-state index is 8.66. The first kappa shape index (κ1) is 13.9. The van der Waals surface area contributed by atoms with Gasteiger partial charge in [-0.1, -0.05) is 48.9 Å². The fraction of sp³-hybridized carbons (Fsp3) is 0.467. The van der Waals surface area contributed by atoms with Gasteiger partial charge in [0, 0.05) is 0 Å². The molecule has 1 aromatic carbocycles. The standard InChI is InChI=1S/C15H22O2/c1-12-7-9-14(10-8-12)13(2)6-5-11-15(3,4)17-16/h5,7-11,13,16H,6H2,1-4H3/b11-5+. The van der Waals surface area contributed by atoms with Gasteiger partial charge in [-0.3, -0.25) is 5.26 Å². The van der Waals surface area contributed by atoms with E-state index in [1.54, 1.807) is 0 Å². The van der Waals surface area contributed by atoms with Gasteiger partial charge in [0.05, 0.1) is 0 Å². The molecule has 1 aromatic rings. The molecule has 1 N–H and O–H groups in total. The molecule has 94 valence electrons. The van der Waals surface area contributed by atoms with E-state index in [-0.39, 0.29) is 0 Å². The second-order valence-corrected chi connectivity index (χ2v) is 5.14. The normalized spacial score (nSPS) is 14.2. The first-order chi connectivity index (χ1) is 7.94. The van der Waals surface area contributed by atoms with E-state index in [1.807, 2.05) is 19.9 Å². The zero-order valence-corrected chi connectivity index (χ0v) is 11.1. The van der Waals surface area contributed by atoms with E-state index in [2.05, 4.69) is 49.1 Å². The molecule has 1 unspecified atom stereocenters. The highest BCUT2D eigenvalue weighted by Gasteiger charge is 2.13. The molecular weight excluding hydrogens is 212 g/mol. The van der Waals surface area contributed by atoms with Crippen LogP contribution in [0.25, 0.3) is 0 Å². The third kappa shape index (κ3) is 4.72. The topological polar surface area (TPSA) is 29.5 Å². The van der Waals surface area contributed by atoms with Crippen LogP contribution in [0.3, 0.4) is 0 Å². The second kappa shape index (κ2) is 5.99. The molecule has 0 saturated carbocycles. The van der Waals surface area contributed by atoms with Crippen molar-refractivity contribution in [1.29, 1.82) is 0 Å². The lowest BCUT2D eigenvalue weighted by Crippen LogP contribution is -2.18. The van der Waals surface area contributed by atoms with Crippen molar-refractivity contribution in [2.24, 2.45) is 0 Å². The molecule has 17 heavy (non-hydrogen) atoms. The Kier molecular flexibility index (Phi) is 4.91. The van der Waals surface area contributed by atoms with E-state index >= 15 is 0 Å². The maximum Gasteiger partial charge on any atom is 0.116 e. The Hall–Kier alpha value is -1.12. The number of benzene rings is 1. The Morgan fingerprint density at radius 2 is 1.88 bits per heavy atom. The highest BCUT2D eigenvalue weighted by atomic mass is 17.1. The zero-order chi connectivity index (χ0) is 12.9.